The van der Waals surface area contributed by atoms with Gasteiger partial charge < -0.3 is 15.5 Å². The number of nitrogens with one attached hydrogen (secondary N) is 2. The molecular weight excluding hydrogens is 386 g/mol. The first kappa shape index (κ1) is 19.9. The van der Waals surface area contributed by atoms with Crippen molar-refractivity contribution in [3.05, 3.63) is 69.7 Å². The number of carbonyl (C=O) groups is 2. The zero-order chi connectivity index (χ0) is 20.5. The van der Waals surface area contributed by atoms with E-state index in [-0.39, 0.29) is 23.9 Å². The number of carbonyl (C=O) groups excluding carboxylic acids is 2. The van der Waals surface area contributed by atoms with Gasteiger partial charge in [0.25, 0.3) is 0 Å². The zero-order valence-electron chi connectivity index (χ0n) is 16.7. The minimum Gasteiger partial charge on any atom is -0.342 e. The van der Waals surface area contributed by atoms with Gasteiger partial charge in [0, 0.05) is 30.6 Å². The van der Waals surface area contributed by atoms with Gasteiger partial charge >= 0.3 is 0 Å². The summed E-state index contributed by atoms with van der Waals surface area (Å²) in [6.07, 6.45) is 1.13. The molecule has 2 heterocycles. The summed E-state index contributed by atoms with van der Waals surface area (Å²) in [7, 11) is 0. The number of amides is 2. The van der Waals surface area contributed by atoms with Gasteiger partial charge in [-0.25, -0.2) is 0 Å². The second-order valence-corrected chi connectivity index (χ2v) is 8.58. The first-order valence-electron chi connectivity index (χ1n) is 10.1. The van der Waals surface area contributed by atoms with Crippen molar-refractivity contribution in [3.63, 3.8) is 0 Å². The highest BCUT2D eigenvalue weighted by Crippen LogP contribution is 2.25. The molecule has 2 amide bonds. The maximum Gasteiger partial charge on any atom is 0.246 e. The summed E-state index contributed by atoms with van der Waals surface area (Å²) < 4.78 is 0. The predicted octanol–water partition coefficient (Wildman–Crippen LogP) is 2.76. The van der Waals surface area contributed by atoms with E-state index < -0.39 is 6.04 Å². The molecule has 5 nitrogen and oxygen atoms in total. The van der Waals surface area contributed by atoms with Crippen molar-refractivity contribution in [1.29, 1.82) is 0 Å². The van der Waals surface area contributed by atoms with Crippen molar-refractivity contribution in [1.82, 2.24) is 15.5 Å². The van der Waals surface area contributed by atoms with Crippen molar-refractivity contribution < 1.29 is 9.59 Å². The van der Waals surface area contributed by atoms with Crippen molar-refractivity contribution >= 4 is 23.4 Å². The van der Waals surface area contributed by atoms with Gasteiger partial charge in [-0.1, -0.05) is 47.5 Å². The first-order valence-corrected chi connectivity index (χ1v) is 10.4. The second-order valence-electron chi connectivity index (χ2n) is 8.14. The van der Waals surface area contributed by atoms with E-state index in [9.17, 15) is 9.59 Å². The van der Waals surface area contributed by atoms with E-state index in [4.69, 9.17) is 11.6 Å². The molecule has 0 bridgehead atoms. The van der Waals surface area contributed by atoms with Crippen LogP contribution in [0.2, 0.25) is 5.02 Å². The minimum absolute atomic E-state index is 0.000339. The van der Waals surface area contributed by atoms with Crippen LogP contribution in [-0.4, -0.2) is 41.4 Å². The van der Waals surface area contributed by atoms with Crippen LogP contribution in [0.5, 0.6) is 0 Å². The van der Waals surface area contributed by atoms with Gasteiger partial charge in [-0.2, -0.15) is 0 Å². The molecule has 2 aliphatic heterocycles. The van der Waals surface area contributed by atoms with Crippen molar-refractivity contribution in [2.45, 2.75) is 51.4 Å². The predicted molar refractivity (Wildman–Crippen MR) is 114 cm³/mol. The van der Waals surface area contributed by atoms with E-state index in [0.29, 0.717) is 24.4 Å². The molecule has 0 radical (unpaired) electrons. The molecule has 6 heteroatoms. The molecular formula is C23H26ClN3O2. The van der Waals surface area contributed by atoms with E-state index in [0.717, 1.165) is 12.1 Å². The molecule has 0 spiro atoms. The topological polar surface area (TPSA) is 61.4 Å². The number of fused-ring (bicyclic) bond motifs is 1. The Hall–Kier alpha value is -2.37. The molecule has 0 unspecified atom stereocenters. The van der Waals surface area contributed by atoms with E-state index in [1.807, 2.05) is 12.1 Å². The van der Waals surface area contributed by atoms with Crippen LogP contribution in [0.15, 0.2) is 42.5 Å². The van der Waals surface area contributed by atoms with Gasteiger partial charge in [0.1, 0.15) is 12.1 Å². The molecule has 0 aromatic heterocycles. The third-order valence-corrected chi connectivity index (χ3v) is 6.19. The van der Waals surface area contributed by atoms with Gasteiger partial charge in [-0.15, -0.1) is 0 Å². The second kappa shape index (κ2) is 8.17. The number of hydrogen-bond donors (Lipinski definition) is 2. The standard InChI is InChI=1S/C23H26ClN3O2/c1-14-3-6-17(15(2)9-14)12-25-19-11-21-22(28)26-20(23(29)27(21)13-19)10-16-4-7-18(24)8-5-16/h3-9,19-21,25H,10-13H2,1-2H3,(H,26,28)/t19-,20-,21-/m0/s1. The Kier molecular flexibility index (Phi) is 5.61. The zero-order valence-corrected chi connectivity index (χ0v) is 17.5. The Balaban J connectivity index is 1.39. The molecule has 0 saturated carbocycles. The molecule has 3 atom stereocenters. The highest BCUT2D eigenvalue weighted by molar-refractivity contribution is 6.30. The normalized spacial score (nSPS) is 23.8. The molecule has 2 saturated heterocycles. The molecule has 2 aromatic carbocycles. The van der Waals surface area contributed by atoms with Gasteiger partial charge in [-0.05, 0) is 49.1 Å². The smallest absolute Gasteiger partial charge is 0.246 e. The number of rotatable bonds is 5. The SMILES string of the molecule is Cc1ccc(CN[C@H]2C[C@H]3C(=O)N[C@@H](Cc4ccc(Cl)cc4)C(=O)N3C2)c(C)c1. The number of aryl methyl sites for hydroxylation is 2. The lowest BCUT2D eigenvalue weighted by molar-refractivity contribution is -0.147. The van der Waals surface area contributed by atoms with Crippen LogP contribution in [0.4, 0.5) is 0 Å². The van der Waals surface area contributed by atoms with Crippen LogP contribution in [0.25, 0.3) is 0 Å². The lowest BCUT2D eigenvalue weighted by atomic mass is 10.0. The molecule has 152 valence electrons. The fourth-order valence-corrected chi connectivity index (χ4v) is 4.42. The molecule has 0 aliphatic carbocycles. The van der Waals surface area contributed by atoms with Crippen LogP contribution < -0.4 is 10.6 Å². The summed E-state index contributed by atoms with van der Waals surface area (Å²) in [4.78, 5) is 27.4. The molecule has 4 rings (SSSR count). The Morgan fingerprint density at radius 2 is 1.90 bits per heavy atom. The number of hydrogen-bond acceptors (Lipinski definition) is 3. The van der Waals surface area contributed by atoms with Crippen molar-refractivity contribution in [2.24, 2.45) is 0 Å². The number of benzene rings is 2. The van der Waals surface area contributed by atoms with Gasteiger partial charge in [0.15, 0.2) is 0 Å². The summed E-state index contributed by atoms with van der Waals surface area (Å²) in [5.41, 5.74) is 4.73. The Labute approximate surface area is 176 Å². The fourth-order valence-electron chi connectivity index (χ4n) is 4.30. The van der Waals surface area contributed by atoms with Crippen molar-refractivity contribution in [2.75, 3.05) is 6.54 Å². The van der Waals surface area contributed by atoms with Crippen LogP contribution >= 0.6 is 11.6 Å². The Bertz CT molecular complexity index is 928. The average Bonchev–Trinajstić information content (AvgIpc) is 3.12. The van der Waals surface area contributed by atoms with E-state index in [2.05, 4.69) is 42.7 Å². The quantitative estimate of drug-likeness (QED) is 0.795. The Morgan fingerprint density at radius 1 is 1.14 bits per heavy atom. The van der Waals surface area contributed by atoms with E-state index >= 15 is 0 Å². The first-order chi connectivity index (χ1) is 13.9. The maximum atomic E-state index is 13.0. The molecule has 2 fully saturated rings. The van der Waals surface area contributed by atoms with Gasteiger partial charge in [-0.3, -0.25) is 9.59 Å². The van der Waals surface area contributed by atoms with Crippen LogP contribution in [0, 0.1) is 13.8 Å². The molecule has 2 aliphatic rings. The molecule has 2 aromatic rings. The third-order valence-electron chi connectivity index (χ3n) is 5.93. The lowest BCUT2D eigenvalue weighted by Gasteiger charge is -2.34. The summed E-state index contributed by atoms with van der Waals surface area (Å²) in [6, 6.07) is 13.0. The fraction of sp³-hybridized carbons (Fsp3) is 0.391. The largest absolute Gasteiger partial charge is 0.342 e. The number of nitrogens with zero attached hydrogens (tertiary/aromatic N) is 1. The van der Waals surface area contributed by atoms with Gasteiger partial charge in [0.05, 0.1) is 0 Å². The molecule has 2 N–H and O–H groups in total. The van der Waals surface area contributed by atoms with E-state index in [1.54, 1.807) is 17.0 Å². The summed E-state index contributed by atoms with van der Waals surface area (Å²) in [6.45, 7) is 5.50. The summed E-state index contributed by atoms with van der Waals surface area (Å²) in [5.74, 6) is -0.0558. The van der Waals surface area contributed by atoms with Crippen LogP contribution in [0.1, 0.15) is 28.7 Å². The third kappa shape index (κ3) is 4.31. The van der Waals surface area contributed by atoms with Gasteiger partial charge in [0.2, 0.25) is 11.8 Å². The Morgan fingerprint density at radius 3 is 2.62 bits per heavy atom. The van der Waals surface area contributed by atoms with E-state index in [1.165, 1.54) is 16.7 Å². The summed E-state index contributed by atoms with van der Waals surface area (Å²) >= 11 is 5.93. The maximum absolute atomic E-state index is 13.0. The number of halogens is 1. The highest BCUT2D eigenvalue weighted by atomic mass is 35.5. The number of piperazine rings is 1. The van der Waals surface area contributed by atoms with Crippen LogP contribution in [-0.2, 0) is 22.6 Å². The lowest BCUT2D eigenvalue weighted by Crippen LogP contribution is -2.61. The minimum atomic E-state index is -0.516. The van der Waals surface area contributed by atoms with Crippen LogP contribution in [0.3, 0.4) is 0 Å². The summed E-state index contributed by atoms with van der Waals surface area (Å²) in [5, 5.41) is 7.11. The van der Waals surface area contributed by atoms with Crippen molar-refractivity contribution in [3.8, 4) is 0 Å². The molecule has 29 heavy (non-hydrogen) atoms. The monoisotopic (exact) mass is 411 g/mol. The highest BCUT2D eigenvalue weighted by Gasteiger charge is 2.46. The average molecular weight is 412 g/mol.